The molecule has 26 heavy (non-hydrogen) atoms. The van der Waals surface area contributed by atoms with E-state index < -0.39 is 5.97 Å². The highest BCUT2D eigenvalue weighted by Gasteiger charge is 2.23. The van der Waals surface area contributed by atoms with Crippen LogP contribution in [0.4, 0.5) is 0 Å². The molecule has 4 rings (SSSR count). The van der Waals surface area contributed by atoms with E-state index in [-0.39, 0.29) is 24.0 Å². The fraction of sp³-hybridized carbons (Fsp3) is 0.111. The van der Waals surface area contributed by atoms with Crippen LogP contribution in [0.3, 0.4) is 0 Å². The van der Waals surface area contributed by atoms with Gasteiger partial charge < -0.3 is 18.1 Å². The monoisotopic (exact) mass is 351 g/mol. The van der Waals surface area contributed by atoms with Crippen LogP contribution in [0.5, 0.6) is 0 Å². The molecule has 0 bridgehead atoms. The molecule has 0 spiro atoms. The summed E-state index contributed by atoms with van der Waals surface area (Å²) >= 11 is 0. The second kappa shape index (κ2) is 6.67. The lowest BCUT2D eigenvalue weighted by Gasteiger charge is -2.03. The SMILES string of the molecule is Cc1onc(-c2ccccc2)c1C(=O)OCc1nnc(-c2ccco2)o1. The molecule has 8 heteroatoms. The summed E-state index contributed by atoms with van der Waals surface area (Å²) in [6.07, 6.45) is 1.50. The molecule has 0 atom stereocenters. The Balaban J connectivity index is 1.50. The topological polar surface area (TPSA) is 104 Å². The van der Waals surface area contributed by atoms with Crippen molar-refractivity contribution < 1.29 is 22.9 Å². The molecule has 0 aliphatic rings. The molecule has 0 saturated heterocycles. The van der Waals surface area contributed by atoms with Gasteiger partial charge in [-0.25, -0.2) is 4.79 Å². The normalized spacial score (nSPS) is 10.8. The molecule has 0 amide bonds. The van der Waals surface area contributed by atoms with Crippen molar-refractivity contribution in [3.63, 3.8) is 0 Å². The Hall–Kier alpha value is -3.68. The number of rotatable bonds is 5. The first-order valence-corrected chi connectivity index (χ1v) is 7.77. The first-order chi connectivity index (χ1) is 12.7. The number of aromatic nitrogens is 3. The number of hydrogen-bond donors (Lipinski definition) is 0. The van der Waals surface area contributed by atoms with Gasteiger partial charge >= 0.3 is 5.97 Å². The van der Waals surface area contributed by atoms with Crippen molar-refractivity contribution >= 4 is 5.97 Å². The standard InChI is InChI=1S/C18H13N3O5/c1-11-15(16(21-26-11)12-6-3-2-4-7-12)18(22)24-10-14-19-20-17(25-14)13-8-5-9-23-13/h2-9H,10H2,1H3. The smallest absolute Gasteiger partial charge is 0.344 e. The van der Waals surface area contributed by atoms with Crippen LogP contribution in [-0.4, -0.2) is 21.3 Å². The van der Waals surface area contributed by atoms with Crippen molar-refractivity contribution in [1.29, 1.82) is 0 Å². The minimum atomic E-state index is -0.583. The summed E-state index contributed by atoms with van der Waals surface area (Å²) in [6.45, 7) is 1.48. The number of carbonyl (C=O) groups excluding carboxylic acids is 1. The molecule has 0 radical (unpaired) electrons. The lowest BCUT2D eigenvalue weighted by molar-refractivity contribution is 0.0437. The van der Waals surface area contributed by atoms with Gasteiger partial charge in [-0.3, -0.25) is 0 Å². The Morgan fingerprint density at radius 1 is 1.12 bits per heavy atom. The number of esters is 1. The first kappa shape index (κ1) is 15.8. The molecule has 0 aliphatic carbocycles. The van der Waals surface area contributed by atoms with Crippen LogP contribution >= 0.6 is 0 Å². The maximum Gasteiger partial charge on any atom is 0.344 e. The maximum absolute atomic E-state index is 12.5. The molecule has 4 aromatic rings. The zero-order valence-electron chi connectivity index (χ0n) is 13.7. The van der Waals surface area contributed by atoms with E-state index in [2.05, 4.69) is 15.4 Å². The van der Waals surface area contributed by atoms with Gasteiger partial charge in [0.2, 0.25) is 0 Å². The Kier molecular flexibility index (Phi) is 4.06. The molecule has 0 unspecified atom stereocenters. The van der Waals surface area contributed by atoms with Crippen LogP contribution in [0.25, 0.3) is 22.9 Å². The van der Waals surface area contributed by atoms with Gasteiger partial charge in [0.15, 0.2) is 12.4 Å². The van der Waals surface area contributed by atoms with Crippen LogP contribution < -0.4 is 0 Å². The van der Waals surface area contributed by atoms with Crippen LogP contribution in [0.2, 0.25) is 0 Å². The van der Waals surface area contributed by atoms with E-state index in [4.69, 9.17) is 18.1 Å². The van der Waals surface area contributed by atoms with Crippen molar-refractivity contribution in [3.8, 4) is 22.9 Å². The van der Waals surface area contributed by atoms with E-state index in [0.29, 0.717) is 17.2 Å². The number of carbonyl (C=O) groups is 1. The molecule has 0 N–H and O–H groups in total. The molecule has 3 heterocycles. The highest BCUT2D eigenvalue weighted by atomic mass is 16.5. The quantitative estimate of drug-likeness (QED) is 0.502. The Bertz CT molecular complexity index is 1020. The zero-order valence-corrected chi connectivity index (χ0v) is 13.7. The Morgan fingerprint density at radius 2 is 1.96 bits per heavy atom. The summed E-state index contributed by atoms with van der Waals surface area (Å²) in [5.41, 5.74) is 1.45. The largest absolute Gasteiger partial charge is 0.459 e. The van der Waals surface area contributed by atoms with Crippen molar-refractivity contribution in [2.24, 2.45) is 0 Å². The number of aryl methyl sites for hydroxylation is 1. The molecule has 3 aromatic heterocycles. The van der Waals surface area contributed by atoms with Gasteiger partial charge in [0.1, 0.15) is 17.0 Å². The molecule has 0 fully saturated rings. The van der Waals surface area contributed by atoms with Gasteiger partial charge in [-0.1, -0.05) is 35.5 Å². The summed E-state index contributed by atoms with van der Waals surface area (Å²) in [4.78, 5) is 12.5. The van der Waals surface area contributed by atoms with Crippen molar-refractivity contribution in [3.05, 3.63) is 65.9 Å². The van der Waals surface area contributed by atoms with Gasteiger partial charge in [0, 0.05) is 5.56 Å². The number of hydrogen-bond acceptors (Lipinski definition) is 8. The molecular formula is C18H13N3O5. The van der Waals surface area contributed by atoms with E-state index in [0.717, 1.165) is 5.56 Å². The molecule has 130 valence electrons. The third-order valence-electron chi connectivity index (χ3n) is 3.64. The summed E-state index contributed by atoms with van der Waals surface area (Å²) in [5.74, 6) is 0.597. The number of ether oxygens (including phenoxy) is 1. The third kappa shape index (κ3) is 3.00. The van der Waals surface area contributed by atoms with Gasteiger partial charge in [-0.2, -0.15) is 0 Å². The first-order valence-electron chi connectivity index (χ1n) is 7.77. The van der Waals surface area contributed by atoms with Crippen LogP contribution in [0, 0.1) is 6.92 Å². The van der Waals surface area contributed by atoms with Crippen molar-refractivity contribution in [2.75, 3.05) is 0 Å². The van der Waals surface area contributed by atoms with E-state index >= 15 is 0 Å². The lowest BCUT2D eigenvalue weighted by atomic mass is 10.1. The molecule has 0 saturated carbocycles. The van der Waals surface area contributed by atoms with Crippen LogP contribution in [-0.2, 0) is 11.3 Å². The number of furan rings is 1. The minimum absolute atomic E-state index is 0.153. The second-order valence-corrected chi connectivity index (χ2v) is 5.38. The lowest BCUT2D eigenvalue weighted by Crippen LogP contribution is -2.07. The highest BCUT2D eigenvalue weighted by molar-refractivity contribution is 5.97. The Labute approximate surface area is 147 Å². The predicted molar refractivity (Wildman–Crippen MR) is 87.8 cm³/mol. The molecule has 8 nitrogen and oxygen atoms in total. The molecule has 0 aliphatic heterocycles. The van der Waals surface area contributed by atoms with E-state index in [1.165, 1.54) is 6.26 Å². The van der Waals surface area contributed by atoms with Gasteiger partial charge in [-0.15, -0.1) is 10.2 Å². The highest BCUT2D eigenvalue weighted by Crippen LogP contribution is 2.26. The predicted octanol–water partition coefficient (Wildman–Crippen LogP) is 3.65. The fourth-order valence-corrected chi connectivity index (χ4v) is 2.42. The third-order valence-corrected chi connectivity index (χ3v) is 3.64. The minimum Gasteiger partial charge on any atom is -0.459 e. The summed E-state index contributed by atoms with van der Waals surface area (Å²) in [6, 6.07) is 12.6. The molecule has 1 aromatic carbocycles. The van der Waals surface area contributed by atoms with Crippen LogP contribution in [0.1, 0.15) is 22.0 Å². The van der Waals surface area contributed by atoms with E-state index in [1.807, 2.05) is 30.3 Å². The van der Waals surface area contributed by atoms with Crippen LogP contribution in [0.15, 0.2) is 62.1 Å². The fourth-order valence-electron chi connectivity index (χ4n) is 2.42. The second-order valence-electron chi connectivity index (χ2n) is 5.38. The maximum atomic E-state index is 12.5. The van der Waals surface area contributed by atoms with Crippen molar-refractivity contribution in [1.82, 2.24) is 15.4 Å². The van der Waals surface area contributed by atoms with E-state index in [9.17, 15) is 4.79 Å². The summed E-state index contributed by atoms with van der Waals surface area (Å²) < 4.78 is 21.0. The van der Waals surface area contributed by atoms with E-state index in [1.54, 1.807) is 19.1 Å². The Morgan fingerprint density at radius 3 is 2.73 bits per heavy atom. The molecular weight excluding hydrogens is 338 g/mol. The average molecular weight is 351 g/mol. The average Bonchev–Trinajstić information content (AvgIpc) is 3.40. The number of nitrogens with zero attached hydrogens (tertiary/aromatic N) is 3. The van der Waals surface area contributed by atoms with Gasteiger partial charge in [-0.05, 0) is 19.1 Å². The summed E-state index contributed by atoms with van der Waals surface area (Å²) in [7, 11) is 0. The van der Waals surface area contributed by atoms with Crippen molar-refractivity contribution in [2.45, 2.75) is 13.5 Å². The summed E-state index contributed by atoms with van der Waals surface area (Å²) in [5, 5.41) is 11.6. The van der Waals surface area contributed by atoms with Gasteiger partial charge in [0.05, 0.1) is 6.26 Å². The number of benzene rings is 1. The van der Waals surface area contributed by atoms with Gasteiger partial charge in [0.25, 0.3) is 11.8 Å². The zero-order chi connectivity index (χ0) is 17.9.